The van der Waals surface area contributed by atoms with Gasteiger partial charge >= 0.3 is 0 Å². The van der Waals surface area contributed by atoms with E-state index in [4.69, 9.17) is 4.74 Å². The molecule has 1 aromatic rings. The molecule has 0 unspecified atom stereocenters. The van der Waals surface area contributed by atoms with Crippen molar-refractivity contribution in [2.45, 2.75) is 58.6 Å². The van der Waals surface area contributed by atoms with Crippen molar-refractivity contribution in [2.75, 3.05) is 33.3 Å². The molecule has 2 saturated heterocycles. The maximum absolute atomic E-state index is 12.4. The standard InChI is InChI=1S/C20H33N3O2S/c1-15(2)5-6-19(24)23-13-20(14-23)9-17(7-8-22(20)4)10-25-11-18-12-26-16(3)21-18/h12,15,17H,5-11,13-14H2,1-4H3/t17-/m0/s1. The van der Waals surface area contributed by atoms with Crippen molar-refractivity contribution in [3.63, 3.8) is 0 Å². The number of aryl methyl sites for hydroxylation is 1. The molecule has 3 rings (SSSR count). The van der Waals surface area contributed by atoms with E-state index in [0.29, 0.717) is 30.8 Å². The highest BCUT2D eigenvalue weighted by molar-refractivity contribution is 7.09. The summed E-state index contributed by atoms with van der Waals surface area (Å²) in [5.41, 5.74) is 1.22. The molecule has 2 aliphatic heterocycles. The lowest BCUT2D eigenvalue weighted by atomic mass is 9.75. The predicted molar refractivity (Wildman–Crippen MR) is 105 cm³/mol. The highest BCUT2D eigenvalue weighted by atomic mass is 32.1. The van der Waals surface area contributed by atoms with E-state index in [-0.39, 0.29) is 5.54 Å². The lowest BCUT2D eigenvalue weighted by molar-refractivity contribution is -0.151. The van der Waals surface area contributed by atoms with Gasteiger partial charge in [0, 0.05) is 24.9 Å². The van der Waals surface area contributed by atoms with E-state index in [0.717, 1.165) is 49.8 Å². The largest absolute Gasteiger partial charge is 0.375 e. The molecule has 1 amide bonds. The molecule has 5 nitrogen and oxygen atoms in total. The molecule has 3 heterocycles. The molecule has 26 heavy (non-hydrogen) atoms. The molecule has 6 heteroatoms. The van der Waals surface area contributed by atoms with Crippen molar-refractivity contribution in [3.8, 4) is 0 Å². The molecular formula is C20H33N3O2S. The molecule has 0 N–H and O–H groups in total. The zero-order valence-corrected chi connectivity index (χ0v) is 17.5. The van der Waals surface area contributed by atoms with Crippen LogP contribution in [0.15, 0.2) is 5.38 Å². The number of amides is 1. The first-order chi connectivity index (χ1) is 12.4. The van der Waals surface area contributed by atoms with E-state index in [1.807, 2.05) is 6.92 Å². The van der Waals surface area contributed by atoms with Crippen LogP contribution in [0.3, 0.4) is 0 Å². The van der Waals surface area contributed by atoms with Gasteiger partial charge in [0.15, 0.2) is 0 Å². The van der Waals surface area contributed by atoms with Gasteiger partial charge in [0.2, 0.25) is 5.91 Å². The number of hydrogen-bond donors (Lipinski definition) is 0. The topological polar surface area (TPSA) is 45.7 Å². The highest BCUT2D eigenvalue weighted by Gasteiger charge is 2.50. The van der Waals surface area contributed by atoms with Crippen molar-refractivity contribution < 1.29 is 9.53 Å². The fourth-order valence-corrected chi connectivity index (χ4v) is 4.73. The van der Waals surface area contributed by atoms with Gasteiger partial charge in [-0.3, -0.25) is 9.69 Å². The summed E-state index contributed by atoms with van der Waals surface area (Å²) >= 11 is 1.68. The Balaban J connectivity index is 1.44. The molecule has 2 fully saturated rings. The molecular weight excluding hydrogens is 346 g/mol. The third-order valence-corrected chi connectivity index (χ3v) is 6.70. The van der Waals surface area contributed by atoms with Gasteiger partial charge in [0.1, 0.15) is 0 Å². The zero-order chi connectivity index (χ0) is 18.7. The molecule has 2 aliphatic rings. The molecule has 0 bridgehead atoms. The predicted octanol–water partition coefficient (Wildman–Crippen LogP) is 3.33. The summed E-state index contributed by atoms with van der Waals surface area (Å²) in [5.74, 6) is 1.50. The van der Waals surface area contributed by atoms with Gasteiger partial charge in [-0.25, -0.2) is 4.98 Å². The van der Waals surface area contributed by atoms with Crippen molar-refractivity contribution in [1.29, 1.82) is 0 Å². The monoisotopic (exact) mass is 379 g/mol. The average Bonchev–Trinajstić information content (AvgIpc) is 2.97. The maximum atomic E-state index is 12.4. The number of piperidine rings is 1. The van der Waals surface area contributed by atoms with Crippen LogP contribution in [-0.2, 0) is 16.1 Å². The number of ether oxygens (including phenoxy) is 1. The van der Waals surface area contributed by atoms with Crippen LogP contribution in [0.4, 0.5) is 0 Å². The second-order valence-electron chi connectivity index (χ2n) is 8.56. The van der Waals surface area contributed by atoms with Gasteiger partial charge in [-0.05, 0) is 51.6 Å². The fraction of sp³-hybridized carbons (Fsp3) is 0.800. The normalized spacial score (nSPS) is 22.8. The zero-order valence-electron chi connectivity index (χ0n) is 16.7. The van der Waals surface area contributed by atoms with Crippen LogP contribution in [0.2, 0.25) is 0 Å². The van der Waals surface area contributed by atoms with Gasteiger partial charge in [-0.1, -0.05) is 13.8 Å². The number of carbonyl (C=O) groups excluding carboxylic acids is 1. The van der Waals surface area contributed by atoms with Gasteiger partial charge in [-0.15, -0.1) is 11.3 Å². The molecule has 146 valence electrons. The minimum absolute atomic E-state index is 0.178. The minimum atomic E-state index is 0.178. The van der Waals surface area contributed by atoms with E-state index >= 15 is 0 Å². The number of carbonyl (C=O) groups is 1. The second-order valence-corrected chi connectivity index (χ2v) is 9.62. The molecule has 1 atom stereocenters. The van der Waals surface area contributed by atoms with Crippen LogP contribution in [0.1, 0.15) is 50.2 Å². The number of likely N-dealkylation sites (tertiary alicyclic amines) is 2. The van der Waals surface area contributed by atoms with Crippen molar-refractivity contribution >= 4 is 17.2 Å². The van der Waals surface area contributed by atoms with Crippen molar-refractivity contribution in [3.05, 3.63) is 16.1 Å². The van der Waals surface area contributed by atoms with E-state index in [1.165, 1.54) is 6.42 Å². The summed E-state index contributed by atoms with van der Waals surface area (Å²) in [4.78, 5) is 21.3. The van der Waals surface area contributed by atoms with Crippen LogP contribution in [-0.4, -0.2) is 59.5 Å². The summed E-state index contributed by atoms with van der Waals surface area (Å²) in [7, 11) is 2.21. The molecule has 1 spiro atoms. The number of nitrogens with zero attached hydrogens (tertiary/aromatic N) is 3. The average molecular weight is 380 g/mol. The summed E-state index contributed by atoms with van der Waals surface area (Å²) in [6, 6.07) is 0. The van der Waals surface area contributed by atoms with Crippen LogP contribution in [0, 0.1) is 18.8 Å². The first kappa shape index (κ1) is 19.8. The lowest BCUT2D eigenvalue weighted by Gasteiger charge is -2.58. The van der Waals surface area contributed by atoms with Gasteiger partial charge in [0.05, 0.1) is 29.5 Å². The summed E-state index contributed by atoms with van der Waals surface area (Å²) in [5, 5.41) is 3.18. The smallest absolute Gasteiger partial charge is 0.222 e. The van der Waals surface area contributed by atoms with E-state index in [1.54, 1.807) is 11.3 Å². The Morgan fingerprint density at radius 2 is 2.23 bits per heavy atom. The van der Waals surface area contributed by atoms with Crippen LogP contribution < -0.4 is 0 Å². The Bertz CT molecular complexity index is 610. The summed E-state index contributed by atoms with van der Waals surface area (Å²) in [6.45, 7) is 10.7. The Labute approximate surface area is 161 Å². The van der Waals surface area contributed by atoms with Crippen molar-refractivity contribution in [2.24, 2.45) is 11.8 Å². The number of hydrogen-bond acceptors (Lipinski definition) is 5. The van der Waals surface area contributed by atoms with Crippen LogP contribution in [0.25, 0.3) is 0 Å². The number of rotatable bonds is 7. The maximum Gasteiger partial charge on any atom is 0.222 e. The first-order valence-electron chi connectivity index (χ1n) is 9.86. The Kier molecular flexibility index (Phi) is 6.36. The molecule has 0 aliphatic carbocycles. The lowest BCUT2D eigenvalue weighted by Crippen LogP contribution is -2.72. The van der Waals surface area contributed by atoms with E-state index in [2.05, 4.69) is 41.1 Å². The van der Waals surface area contributed by atoms with Gasteiger partial charge in [0.25, 0.3) is 0 Å². The highest BCUT2D eigenvalue weighted by Crippen LogP contribution is 2.38. The molecule has 1 aromatic heterocycles. The summed E-state index contributed by atoms with van der Waals surface area (Å²) < 4.78 is 5.95. The van der Waals surface area contributed by atoms with Crippen LogP contribution in [0.5, 0.6) is 0 Å². The number of thiazole rings is 1. The molecule has 0 saturated carbocycles. The second kappa shape index (κ2) is 8.36. The Morgan fingerprint density at radius 1 is 1.46 bits per heavy atom. The van der Waals surface area contributed by atoms with Crippen molar-refractivity contribution in [1.82, 2.24) is 14.8 Å². The first-order valence-corrected chi connectivity index (χ1v) is 10.7. The quantitative estimate of drug-likeness (QED) is 0.729. The number of likely N-dealkylation sites (N-methyl/N-ethyl adjacent to an activating group) is 1. The van der Waals surface area contributed by atoms with Gasteiger partial charge in [-0.2, -0.15) is 0 Å². The summed E-state index contributed by atoms with van der Waals surface area (Å²) in [6.07, 6.45) is 3.99. The van der Waals surface area contributed by atoms with E-state index < -0.39 is 0 Å². The number of aromatic nitrogens is 1. The van der Waals surface area contributed by atoms with Crippen LogP contribution >= 0.6 is 11.3 Å². The Morgan fingerprint density at radius 3 is 2.88 bits per heavy atom. The van der Waals surface area contributed by atoms with E-state index in [9.17, 15) is 4.79 Å². The van der Waals surface area contributed by atoms with Gasteiger partial charge < -0.3 is 9.64 Å². The fourth-order valence-electron chi connectivity index (χ4n) is 4.14. The SMILES string of the molecule is Cc1nc(COC[C@H]2CCN(C)C3(C2)CN(C(=O)CCC(C)C)C3)cs1. The molecule has 0 radical (unpaired) electrons. The minimum Gasteiger partial charge on any atom is -0.375 e. The molecule has 0 aromatic carbocycles. The third kappa shape index (κ3) is 4.65. The third-order valence-electron chi connectivity index (χ3n) is 5.88. The Hall–Kier alpha value is -0.980.